The number of nitrogens with one attached hydrogen (secondary N) is 2. The number of aliphatic imine (C=N–C) groups is 1. The van der Waals surface area contributed by atoms with Gasteiger partial charge in [-0.25, -0.2) is 0 Å². The van der Waals surface area contributed by atoms with Crippen molar-refractivity contribution in [2.75, 3.05) is 33.4 Å². The van der Waals surface area contributed by atoms with E-state index in [1.54, 1.807) is 7.11 Å². The molecule has 3 N–H and O–H groups in total. The van der Waals surface area contributed by atoms with Crippen LogP contribution in [0.4, 0.5) is 0 Å². The van der Waals surface area contributed by atoms with Crippen molar-refractivity contribution in [3.05, 3.63) is 35.4 Å². The van der Waals surface area contributed by atoms with Crippen molar-refractivity contribution in [2.24, 2.45) is 10.4 Å². The molecule has 0 aliphatic heterocycles. The lowest BCUT2D eigenvalue weighted by atomic mass is 9.86. The zero-order chi connectivity index (χ0) is 19.9. The number of benzene rings is 1. The molecule has 1 fully saturated rings. The van der Waals surface area contributed by atoms with Gasteiger partial charge in [0.15, 0.2) is 5.96 Å². The number of methoxy groups -OCH3 is 1. The van der Waals surface area contributed by atoms with Crippen molar-refractivity contribution in [2.45, 2.75) is 58.5 Å². The van der Waals surface area contributed by atoms with Crippen LogP contribution in [-0.4, -0.2) is 44.4 Å². The Morgan fingerprint density at radius 2 is 1.89 bits per heavy atom. The summed E-state index contributed by atoms with van der Waals surface area (Å²) in [6, 6.07) is 8.23. The summed E-state index contributed by atoms with van der Waals surface area (Å²) in [6.45, 7) is 11.5. The molecule has 1 aliphatic rings. The van der Waals surface area contributed by atoms with Crippen LogP contribution >= 0.6 is 0 Å². The van der Waals surface area contributed by atoms with E-state index in [0.29, 0.717) is 12.0 Å². The molecule has 0 radical (unpaired) electrons. The molecule has 0 bridgehead atoms. The van der Waals surface area contributed by atoms with Crippen LogP contribution in [0.15, 0.2) is 29.3 Å². The first kappa shape index (κ1) is 21.7. The van der Waals surface area contributed by atoms with E-state index in [1.807, 2.05) is 12.1 Å². The third-order valence-electron chi connectivity index (χ3n) is 5.33. The van der Waals surface area contributed by atoms with Gasteiger partial charge in [0.25, 0.3) is 0 Å². The standard InChI is InChI=1S/C22H37N3O2/c1-6-23-20(25-16-22(11-12-22)13-14-27-5)24-15-19(26)17-7-9-18(10-8-17)21(2,3)4/h7-10,19,26H,6,11-16H2,1-5H3,(H2,23,24,25). The summed E-state index contributed by atoms with van der Waals surface area (Å²) in [5.41, 5.74) is 2.63. The Kier molecular flexibility index (Phi) is 7.68. The maximum Gasteiger partial charge on any atom is 0.191 e. The molecule has 1 aliphatic carbocycles. The lowest BCUT2D eigenvalue weighted by molar-refractivity contribution is 0.173. The fourth-order valence-corrected chi connectivity index (χ4v) is 3.09. The third kappa shape index (κ3) is 6.82. The Labute approximate surface area is 164 Å². The van der Waals surface area contributed by atoms with Gasteiger partial charge in [0.2, 0.25) is 0 Å². The maximum absolute atomic E-state index is 10.5. The predicted molar refractivity (Wildman–Crippen MR) is 112 cm³/mol. The van der Waals surface area contributed by atoms with Gasteiger partial charge < -0.3 is 20.5 Å². The van der Waals surface area contributed by atoms with E-state index in [-0.39, 0.29) is 5.41 Å². The molecule has 5 nitrogen and oxygen atoms in total. The molecule has 0 heterocycles. The topological polar surface area (TPSA) is 65.9 Å². The summed E-state index contributed by atoms with van der Waals surface area (Å²) in [5, 5.41) is 17.1. The Bertz CT molecular complexity index is 601. The van der Waals surface area contributed by atoms with Crippen LogP contribution in [0, 0.1) is 5.41 Å². The van der Waals surface area contributed by atoms with Gasteiger partial charge in [-0.15, -0.1) is 0 Å². The van der Waals surface area contributed by atoms with Gasteiger partial charge in [0.05, 0.1) is 6.10 Å². The van der Waals surface area contributed by atoms with Crippen molar-refractivity contribution in [1.82, 2.24) is 10.6 Å². The molecule has 0 aromatic heterocycles. The molecule has 152 valence electrons. The van der Waals surface area contributed by atoms with E-state index in [9.17, 15) is 5.11 Å². The second-order valence-corrected chi connectivity index (χ2v) is 8.71. The van der Waals surface area contributed by atoms with E-state index >= 15 is 0 Å². The fourth-order valence-electron chi connectivity index (χ4n) is 3.09. The molecule has 27 heavy (non-hydrogen) atoms. The Morgan fingerprint density at radius 3 is 2.41 bits per heavy atom. The Hall–Kier alpha value is -1.59. The van der Waals surface area contributed by atoms with Crippen LogP contribution in [0.2, 0.25) is 0 Å². The number of rotatable bonds is 9. The fraction of sp³-hybridized carbons (Fsp3) is 0.682. The molecule has 0 amide bonds. The minimum atomic E-state index is -0.564. The molecule has 5 heteroatoms. The normalized spacial score (nSPS) is 17.5. The highest BCUT2D eigenvalue weighted by Gasteiger charge is 2.41. The molecule has 1 saturated carbocycles. The molecule has 1 atom stereocenters. The Morgan fingerprint density at radius 1 is 1.22 bits per heavy atom. The van der Waals surface area contributed by atoms with E-state index in [0.717, 1.165) is 37.6 Å². The molecule has 0 saturated heterocycles. The van der Waals surface area contributed by atoms with Crippen LogP contribution < -0.4 is 10.6 Å². The van der Waals surface area contributed by atoms with Gasteiger partial charge in [0.1, 0.15) is 0 Å². The van der Waals surface area contributed by atoms with E-state index in [2.05, 4.69) is 50.5 Å². The summed E-state index contributed by atoms with van der Waals surface area (Å²) in [5.74, 6) is 0.770. The molecule has 0 spiro atoms. The molecule has 1 aromatic carbocycles. The SMILES string of the molecule is CCNC(=NCC1(CCOC)CC1)NCC(O)c1ccc(C(C)(C)C)cc1. The third-order valence-corrected chi connectivity index (χ3v) is 5.33. The van der Waals surface area contributed by atoms with Crippen LogP contribution in [0.1, 0.15) is 64.2 Å². The van der Waals surface area contributed by atoms with E-state index in [1.165, 1.54) is 18.4 Å². The quantitative estimate of drug-likeness (QED) is 0.457. The van der Waals surface area contributed by atoms with E-state index < -0.39 is 6.10 Å². The van der Waals surface area contributed by atoms with Crippen LogP contribution in [0.5, 0.6) is 0 Å². The average molecular weight is 376 g/mol. The summed E-state index contributed by atoms with van der Waals surface area (Å²) in [6.07, 6.45) is 2.95. The number of hydrogen-bond donors (Lipinski definition) is 3. The number of aliphatic hydroxyl groups is 1. The lowest BCUT2D eigenvalue weighted by Crippen LogP contribution is -2.39. The van der Waals surface area contributed by atoms with Gasteiger partial charge in [-0.05, 0) is 48.1 Å². The van der Waals surface area contributed by atoms with Gasteiger partial charge in [-0.3, -0.25) is 4.99 Å². The molecule has 1 unspecified atom stereocenters. The van der Waals surface area contributed by atoms with Crippen LogP contribution in [0.3, 0.4) is 0 Å². The summed E-state index contributed by atoms with van der Waals surface area (Å²) in [4.78, 5) is 4.74. The zero-order valence-corrected chi connectivity index (χ0v) is 17.6. The predicted octanol–water partition coefficient (Wildman–Crippen LogP) is 3.39. The first-order valence-electron chi connectivity index (χ1n) is 10.1. The van der Waals surface area contributed by atoms with Crippen molar-refractivity contribution in [1.29, 1.82) is 0 Å². The second kappa shape index (κ2) is 9.56. The van der Waals surface area contributed by atoms with Gasteiger partial charge in [-0.1, -0.05) is 45.0 Å². The van der Waals surface area contributed by atoms with Gasteiger partial charge in [-0.2, -0.15) is 0 Å². The Balaban J connectivity index is 1.90. The smallest absolute Gasteiger partial charge is 0.191 e. The number of hydrogen-bond acceptors (Lipinski definition) is 3. The lowest BCUT2D eigenvalue weighted by Gasteiger charge is -2.20. The maximum atomic E-state index is 10.5. The molecule has 1 aromatic rings. The number of guanidine groups is 1. The molecular formula is C22H37N3O2. The van der Waals surface area contributed by atoms with Gasteiger partial charge in [0, 0.05) is 33.4 Å². The summed E-state index contributed by atoms with van der Waals surface area (Å²) < 4.78 is 5.22. The highest BCUT2D eigenvalue weighted by molar-refractivity contribution is 5.79. The first-order chi connectivity index (χ1) is 12.8. The number of aliphatic hydroxyl groups excluding tert-OH is 1. The highest BCUT2D eigenvalue weighted by atomic mass is 16.5. The monoisotopic (exact) mass is 375 g/mol. The summed E-state index contributed by atoms with van der Waals surface area (Å²) >= 11 is 0. The number of nitrogens with zero attached hydrogens (tertiary/aromatic N) is 1. The first-order valence-corrected chi connectivity index (χ1v) is 10.1. The zero-order valence-electron chi connectivity index (χ0n) is 17.6. The average Bonchev–Trinajstić information content (AvgIpc) is 3.42. The van der Waals surface area contributed by atoms with E-state index in [4.69, 9.17) is 9.73 Å². The van der Waals surface area contributed by atoms with Crippen molar-refractivity contribution >= 4 is 5.96 Å². The van der Waals surface area contributed by atoms with Crippen LogP contribution in [0.25, 0.3) is 0 Å². The minimum absolute atomic E-state index is 0.119. The summed E-state index contributed by atoms with van der Waals surface area (Å²) in [7, 11) is 1.75. The molecular weight excluding hydrogens is 338 g/mol. The minimum Gasteiger partial charge on any atom is -0.387 e. The van der Waals surface area contributed by atoms with Crippen molar-refractivity contribution in [3.63, 3.8) is 0 Å². The van der Waals surface area contributed by atoms with Crippen molar-refractivity contribution in [3.8, 4) is 0 Å². The van der Waals surface area contributed by atoms with Crippen LogP contribution in [-0.2, 0) is 10.2 Å². The number of ether oxygens (including phenoxy) is 1. The molecule has 2 rings (SSSR count). The largest absolute Gasteiger partial charge is 0.387 e. The highest BCUT2D eigenvalue weighted by Crippen LogP contribution is 2.48. The second-order valence-electron chi connectivity index (χ2n) is 8.71. The van der Waals surface area contributed by atoms with Crippen molar-refractivity contribution < 1.29 is 9.84 Å². The van der Waals surface area contributed by atoms with Gasteiger partial charge >= 0.3 is 0 Å².